The summed E-state index contributed by atoms with van der Waals surface area (Å²) in [5, 5.41) is 6.05. The third-order valence-electron chi connectivity index (χ3n) is 2.10. The van der Waals surface area contributed by atoms with Gasteiger partial charge < -0.3 is 5.32 Å². The predicted molar refractivity (Wildman–Crippen MR) is 72.7 cm³/mol. The van der Waals surface area contributed by atoms with Crippen LogP contribution in [0.1, 0.15) is 5.56 Å². The molecular weight excluding hydrogens is 258 g/mol. The van der Waals surface area contributed by atoms with Crippen molar-refractivity contribution >= 4 is 34.7 Å². The molecule has 0 bridgehead atoms. The van der Waals surface area contributed by atoms with E-state index in [0.29, 0.717) is 0 Å². The van der Waals surface area contributed by atoms with Gasteiger partial charge in [-0.2, -0.15) is 0 Å². The molecule has 0 saturated heterocycles. The lowest BCUT2D eigenvalue weighted by Crippen LogP contribution is -2.05. The lowest BCUT2D eigenvalue weighted by molar-refractivity contribution is 0.803. The molecule has 1 nitrogen and oxygen atoms in total. The van der Waals surface area contributed by atoms with Crippen LogP contribution in [0.4, 0.5) is 0 Å². The second-order valence-corrected chi connectivity index (χ2v) is 6.04. The van der Waals surface area contributed by atoms with E-state index < -0.39 is 0 Å². The van der Waals surface area contributed by atoms with Crippen LogP contribution in [0.15, 0.2) is 44.8 Å². The summed E-state index contributed by atoms with van der Waals surface area (Å²) in [6.45, 7) is 0.842. The van der Waals surface area contributed by atoms with E-state index in [1.165, 1.54) is 14.7 Å². The first-order valence-electron chi connectivity index (χ1n) is 4.94. The highest BCUT2D eigenvalue weighted by Gasteiger charge is 2.05. The summed E-state index contributed by atoms with van der Waals surface area (Å²) < 4.78 is 1.31. The van der Waals surface area contributed by atoms with E-state index in [4.69, 9.17) is 11.6 Å². The fourth-order valence-electron chi connectivity index (χ4n) is 1.41. The van der Waals surface area contributed by atoms with Gasteiger partial charge in [0.2, 0.25) is 0 Å². The molecule has 0 aliphatic rings. The lowest BCUT2D eigenvalue weighted by Gasteiger charge is -2.08. The molecular formula is C12H12ClNS2. The Bertz CT molecular complexity index is 454. The maximum atomic E-state index is 6.00. The molecule has 1 N–H and O–H groups in total. The fourth-order valence-corrected chi connectivity index (χ4v) is 3.44. The second-order valence-electron chi connectivity index (χ2n) is 3.32. The molecule has 0 aliphatic heterocycles. The molecule has 16 heavy (non-hydrogen) atoms. The molecule has 1 heterocycles. The van der Waals surface area contributed by atoms with Crippen LogP contribution in [-0.2, 0) is 6.54 Å². The van der Waals surface area contributed by atoms with Crippen LogP contribution in [-0.4, -0.2) is 7.05 Å². The van der Waals surface area contributed by atoms with Gasteiger partial charge in [-0.1, -0.05) is 29.4 Å². The van der Waals surface area contributed by atoms with Crippen molar-refractivity contribution in [2.24, 2.45) is 0 Å². The number of halogens is 1. The average molecular weight is 270 g/mol. The zero-order valence-corrected chi connectivity index (χ0v) is 11.3. The summed E-state index contributed by atoms with van der Waals surface area (Å²) in [5.41, 5.74) is 1.24. The van der Waals surface area contributed by atoms with Gasteiger partial charge in [0.1, 0.15) is 0 Å². The minimum absolute atomic E-state index is 0.792. The van der Waals surface area contributed by atoms with Crippen LogP contribution < -0.4 is 5.32 Å². The van der Waals surface area contributed by atoms with Crippen LogP contribution in [0.3, 0.4) is 0 Å². The maximum Gasteiger partial charge on any atom is 0.0646 e. The van der Waals surface area contributed by atoms with Gasteiger partial charge in [0.15, 0.2) is 0 Å². The summed E-state index contributed by atoms with van der Waals surface area (Å²) in [6, 6.07) is 10.2. The molecule has 0 unspecified atom stereocenters. The van der Waals surface area contributed by atoms with E-state index in [-0.39, 0.29) is 0 Å². The van der Waals surface area contributed by atoms with Crippen molar-refractivity contribution in [2.75, 3.05) is 7.05 Å². The molecule has 0 spiro atoms. The zero-order chi connectivity index (χ0) is 11.4. The molecule has 2 aromatic rings. The Morgan fingerprint density at radius 3 is 2.94 bits per heavy atom. The first-order chi connectivity index (χ1) is 7.79. The second kappa shape index (κ2) is 5.73. The van der Waals surface area contributed by atoms with Gasteiger partial charge in [-0.05, 0) is 42.3 Å². The van der Waals surface area contributed by atoms with E-state index in [1.54, 1.807) is 23.1 Å². The van der Waals surface area contributed by atoms with Gasteiger partial charge in [-0.15, -0.1) is 11.3 Å². The quantitative estimate of drug-likeness (QED) is 0.890. The van der Waals surface area contributed by atoms with Gasteiger partial charge in [-0.25, -0.2) is 0 Å². The van der Waals surface area contributed by atoms with E-state index in [1.807, 2.05) is 19.2 Å². The van der Waals surface area contributed by atoms with Crippen LogP contribution in [0.2, 0.25) is 5.02 Å². The van der Waals surface area contributed by atoms with Gasteiger partial charge in [0.25, 0.3) is 0 Å². The molecule has 0 atom stereocenters. The van der Waals surface area contributed by atoms with Crippen molar-refractivity contribution in [3.63, 3.8) is 0 Å². The number of nitrogens with one attached hydrogen (secondary N) is 1. The SMILES string of the molecule is CNCc1cc(Cl)ccc1Sc1cccs1. The standard InChI is InChI=1S/C12H12ClNS2/c1-14-8-9-7-10(13)4-5-11(9)16-12-3-2-6-15-12/h2-7,14H,8H2,1H3. The first-order valence-corrected chi connectivity index (χ1v) is 7.01. The number of rotatable bonds is 4. The summed E-state index contributed by atoms with van der Waals surface area (Å²) in [4.78, 5) is 1.27. The van der Waals surface area contributed by atoms with Gasteiger partial charge in [0.05, 0.1) is 4.21 Å². The highest BCUT2D eigenvalue weighted by atomic mass is 35.5. The van der Waals surface area contributed by atoms with Crippen molar-refractivity contribution in [2.45, 2.75) is 15.6 Å². The number of hydrogen-bond acceptors (Lipinski definition) is 3. The first kappa shape index (κ1) is 12.0. The monoisotopic (exact) mass is 269 g/mol. The Kier molecular flexibility index (Phi) is 4.29. The van der Waals surface area contributed by atoms with Crippen LogP contribution in [0.25, 0.3) is 0 Å². The molecule has 2 rings (SSSR count). The van der Waals surface area contributed by atoms with Gasteiger partial charge >= 0.3 is 0 Å². The molecule has 0 amide bonds. The van der Waals surface area contributed by atoms with Crippen molar-refractivity contribution in [3.05, 3.63) is 46.3 Å². The van der Waals surface area contributed by atoms with Crippen LogP contribution in [0, 0.1) is 0 Å². The number of thiophene rings is 1. The van der Waals surface area contributed by atoms with Gasteiger partial charge in [0, 0.05) is 16.5 Å². The van der Waals surface area contributed by atoms with E-state index in [9.17, 15) is 0 Å². The van der Waals surface area contributed by atoms with E-state index in [2.05, 4.69) is 28.9 Å². The van der Waals surface area contributed by atoms with E-state index >= 15 is 0 Å². The highest BCUT2D eigenvalue weighted by Crippen LogP contribution is 2.34. The highest BCUT2D eigenvalue weighted by molar-refractivity contribution is 8.01. The smallest absolute Gasteiger partial charge is 0.0646 e. The summed E-state index contributed by atoms with van der Waals surface area (Å²) >= 11 is 9.55. The summed E-state index contributed by atoms with van der Waals surface area (Å²) in [6.07, 6.45) is 0. The average Bonchev–Trinajstić information content (AvgIpc) is 2.75. The van der Waals surface area contributed by atoms with E-state index in [0.717, 1.165) is 11.6 Å². The molecule has 0 radical (unpaired) electrons. The van der Waals surface area contributed by atoms with Crippen molar-refractivity contribution in [1.29, 1.82) is 0 Å². The number of hydrogen-bond donors (Lipinski definition) is 1. The Morgan fingerprint density at radius 2 is 2.25 bits per heavy atom. The molecule has 0 aliphatic carbocycles. The fraction of sp³-hybridized carbons (Fsp3) is 0.167. The minimum atomic E-state index is 0.792. The van der Waals surface area contributed by atoms with Crippen molar-refractivity contribution in [3.8, 4) is 0 Å². The zero-order valence-electron chi connectivity index (χ0n) is 8.87. The number of benzene rings is 1. The van der Waals surface area contributed by atoms with Crippen molar-refractivity contribution < 1.29 is 0 Å². The Balaban J connectivity index is 2.25. The Labute approximate surface area is 109 Å². The maximum absolute atomic E-state index is 6.00. The minimum Gasteiger partial charge on any atom is -0.316 e. The van der Waals surface area contributed by atoms with Gasteiger partial charge in [-0.3, -0.25) is 0 Å². The molecule has 0 fully saturated rings. The Morgan fingerprint density at radius 1 is 1.38 bits per heavy atom. The predicted octanol–water partition coefficient (Wildman–Crippen LogP) is 4.27. The third kappa shape index (κ3) is 3.01. The Hall–Kier alpha value is -0.480. The molecule has 84 valence electrons. The summed E-state index contributed by atoms with van der Waals surface area (Å²) in [5.74, 6) is 0. The molecule has 1 aromatic heterocycles. The molecule has 1 aromatic carbocycles. The topological polar surface area (TPSA) is 12.0 Å². The van der Waals surface area contributed by atoms with Crippen LogP contribution in [0.5, 0.6) is 0 Å². The largest absolute Gasteiger partial charge is 0.316 e. The normalized spacial score (nSPS) is 10.6. The van der Waals surface area contributed by atoms with Crippen LogP contribution >= 0.6 is 34.7 Å². The lowest BCUT2D eigenvalue weighted by atomic mass is 10.2. The summed E-state index contributed by atoms with van der Waals surface area (Å²) in [7, 11) is 1.94. The molecule has 0 saturated carbocycles. The molecule has 4 heteroatoms. The third-order valence-corrected chi connectivity index (χ3v) is 4.49. The van der Waals surface area contributed by atoms with Crippen molar-refractivity contribution in [1.82, 2.24) is 5.32 Å².